The quantitative estimate of drug-likeness (QED) is 0.577. The Labute approximate surface area is 66.1 Å². The van der Waals surface area contributed by atoms with Gasteiger partial charge in [0.2, 0.25) is 0 Å². The molecule has 1 aliphatic rings. The van der Waals surface area contributed by atoms with Crippen molar-refractivity contribution in [2.45, 2.75) is 25.8 Å². The summed E-state index contributed by atoms with van der Waals surface area (Å²) in [4.78, 5) is 12.6. The van der Waals surface area contributed by atoms with Crippen LogP contribution in [0.3, 0.4) is 0 Å². The lowest BCUT2D eigenvalue weighted by Gasteiger charge is -2.28. The Morgan fingerprint density at radius 2 is 2.27 bits per heavy atom. The van der Waals surface area contributed by atoms with Crippen molar-refractivity contribution in [3.05, 3.63) is 0 Å². The minimum Gasteiger partial charge on any atom is -0.315 e. The van der Waals surface area contributed by atoms with E-state index in [1.807, 2.05) is 13.8 Å². The molecule has 2 N–H and O–H groups in total. The van der Waals surface area contributed by atoms with E-state index in [-0.39, 0.29) is 6.03 Å². The molecule has 4 nitrogen and oxygen atoms in total. The Morgan fingerprint density at radius 3 is 2.45 bits per heavy atom. The smallest absolute Gasteiger partial charge is 0.315 e. The van der Waals surface area contributed by atoms with Gasteiger partial charge in [-0.05, 0) is 13.3 Å². The fraction of sp³-hybridized carbons (Fsp3) is 0.714. The number of amidine groups is 1. The highest BCUT2D eigenvalue weighted by atomic mass is 16.2. The number of nitrogens with zero attached hydrogens (tertiary/aromatic N) is 1. The summed E-state index contributed by atoms with van der Waals surface area (Å²) in [5, 5.41) is 9.97. The van der Waals surface area contributed by atoms with Crippen LogP contribution in [-0.4, -0.2) is 29.4 Å². The third-order valence-corrected chi connectivity index (χ3v) is 2.50. The van der Waals surface area contributed by atoms with Crippen LogP contribution in [0.15, 0.2) is 0 Å². The lowest BCUT2D eigenvalue weighted by atomic mass is 9.98. The minimum absolute atomic E-state index is 0.181. The lowest BCUT2D eigenvalue weighted by Crippen LogP contribution is -2.43. The first-order chi connectivity index (χ1) is 5.02. The average Bonchev–Trinajstić information content (AvgIpc) is 2.16. The summed E-state index contributed by atoms with van der Waals surface area (Å²) in [5.74, 6) is 0.299. The summed E-state index contributed by atoms with van der Waals surface area (Å²) in [5.41, 5.74) is -0.420. The van der Waals surface area contributed by atoms with Gasteiger partial charge in [-0.15, -0.1) is 0 Å². The van der Waals surface area contributed by atoms with Crippen LogP contribution in [0, 0.1) is 5.41 Å². The Bertz CT molecular complexity index is 214. The predicted octanol–water partition coefficient (Wildman–Crippen LogP) is 0.787. The molecule has 1 atom stereocenters. The van der Waals surface area contributed by atoms with E-state index in [1.54, 1.807) is 11.9 Å². The van der Waals surface area contributed by atoms with Gasteiger partial charge in [-0.2, -0.15) is 0 Å². The Hall–Kier alpha value is -1.06. The second kappa shape index (κ2) is 2.22. The highest BCUT2D eigenvalue weighted by Gasteiger charge is 2.42. The molecule has 0 radical (unpaired) electrons. The van der Waals surface area contributed by atoms with Crippen LogP contribution < -0.4 is 5.32 Å². The number of likely N-dealkylation sites (N-methyl/N-ethyl adjacent to an activating group) is 1. The molecule has 1 rings (SSSR count). The van der Waals surface area contributed by atoms with Crippen LogP contribution in [-0.2, 0) is 0 Å². The SMILES string of the molecule is CCC1(C)C(=N)NC(=O)N1C. The zero-order chi connectivity index (χ0) is 8.65. The van der Waals surface area contributed by atoms with E-state index in [9.17, 15) is 4.79 Å². The van der Waals surface area contributed by atoms with Gasteiger partial charge >= 0.3 is 6.03 Å². The molecule has 0 spiro atoms. The van der Waals surface area contributed by atoms with Gasteiger partial charge < -0.3 is 4.90 Å². The lowest BCUT2D eigenvalue weighted by molar-refractivity contribution is 0.196. The number of urea groups is 1. The van der Waals surface area contributed by atoms with Crippen LogP contribution in [0.5, 0.6) is 0 Å². The number of rotatable bonds is 1. The molecule has 0 bridgehead atoms. The Morgan fingerprint density at radius 1 is 1.73 bits per heavy atom. The molecule has 0 aromatic rings. The first-order valence-electron chi connectivity index (χ1n) is 3.66. The third kappa shape index (κ3) is 0.895. The number of amides is 2. The van der Waals surface area contributed by atoms with Crippen molar-refractivity contribution in [3.8, 4) is 0 Å². The summed E-state index contributed by atoms with van der Waals surface area (Å²) in [6.07, 6.45) is 0.765. The Kier molecular flexibility index (Phi) is 1.62. The molecule has 0 aliphatic carbocycles. The van der Waals surface area contributed by atoms with E-state index >= 15 is 0 Å². The van der Waals surface area contributed by atoms with Gasteiger partial charge in [0, 0.05) is 7.05 Å². The highest BCUT2D eigenvalue weighted by molar-refractivity contribution is 6.07. The predicted molar refractivity (Wildman–Crippen MR) is 42.7 cm³/mol. The maximum Gasteiger partial charge on any atom is 0.323 e. The Balaban J connectivity index is 2.96. The van der Waals surface area contributed by atoms with Crippen molar-refractivity contribution < 1.29 is 4.79 Å². The van der Waals surface area contributed by atoms with Crippen molar-refractivity contribution in [1.29, 1.82) is 5.41 Å². The number of carbonyl (C=O) groups excluding carboxylic acids is 1. The molecule has 62 valence electrons. The van der Waals surface area contributed by atoms with E-state index in [0.717, 1.165) is 6.42 Å². The first-order valence-corrected chi connectivity index (χ1v) is 3.66. The molecule has 2 amide bonds. The van der Waals surface area contributed by atoms with E-state index in [1.165, 1.54) is 0 Å². The van der Waals surface area contributed by atoms with E-state index < -0.39 is 5.54 Å². The number of carbonyl (C=O) groups is 1. The topological polar surface area (TPSA) is 56.2 Å². The third-order valence-electron chi connectivity index (χ3n) is 2.50. The number of nitrogens with one attached hydrogen (secondary N) is 2. The van der Waals surface area contributed by atoms with Gasteiger partial charge in [0.05, 0.1) is 5.54 Å². The summed E-state index contributed by atoms with van der Waals surface area (Å²) in [6.45, 7) is 3.85. The van der Waals surface area contributed by atoms with Crippen molar-refractivity contribution in [1.82, 2.24) is 10.2 Å². The van der Waals surface area contributed by atoms with Gasteiger partial charge in [0.25, 0.3) is 0 Å². The molecular formula is C7H13N3O. The molecular weight excluding hydrogens is 142 g/mol. The summed E-state index contributed by atoms with van der Waals surface area (Å²) in [7, 11) is 1.71. The molecule has 1 fully saturated rings. The van der Waals surface area contributed by atoms with Crippen molar-refractivity contribution in [3.63, 3.8) is 0 Å². The maximum absolute atomic E-state index is 11.0. The summed E-state index contributed by atoms with van der Waals surface area (Å²) >= 11 is 0. The van der Waals surface area contributed by atoms with Crippen molar-refractivity contribution in [2.75, 3.05) is 7.05 Å². The second-order valence-corrected chi connectivity index (χ2v) is 2.99. The molecule has 0 saturated carbocycles. The minimum atomic E-state index is -0.420. The van der Waals surface area contributed by atoms with Crippen LogP contribution in [0.2, 0.25) is 0 Å². The van der Waals surface area contributed by atoms with E-state index in [0.29, 0.717) is 5.84 Å². The van der Waals surface area contributed by atoms with Crippen LogP contribution in [0.25, 0.3) is 0 Å². The molecule has 11 heavy (non-hydrogen) atoms. The van der Waals surface area contributed by atoms with Gasteiger partial charge in [-0.25, -0.2) is 4.79 Å². The van der Waals surface area contributed by atoms with E-state index in [4.69, 9.17) is 5.41 Å². The monoisotopic (exact) mass is 155 g/mol. The molecule has 4 heteroatoms. The maximum atomic E-state index is 11.0. The summed E-state index contributed by atoms with van der Waals surface area (Å²) < 4.78 is 0. The van der Waals surface area contributed by atoms with Gasteiger partial charge in [0.1, 0.15) is 5.84 Å². The highest BCUT2D eigenvalue weighted by Crippen LogP contribution is 2.22. The second-order valence-electron chi connectivity index (χ2n) is 2.99. The standard InChI is InChI=1S/C7H13N3O/c1-4-7(2)5(8)9-6(11)10(7)3/h4H2,1-3H3,(H2,8,9,11). The van der Waals surface area contributed by atoms with Crippen molar-refractivity contribution >= 4 is 11.9 Å². The van der Waals surface area contributed by atoms with Crippen molar-refractivity contribution in [2.24, 2.45) is 0 Å². The zero-order valence-electron chi connectivity index (χ0n) is 7.06. The normalized spacial score (nSPS) is 31.0. The van der Waals surface area contributed by atoms with Crippen LogP contribution >= 0.6 is 0 Å². The molecule has 1 saturated heterocycles. The van der Waals surface area contributed by atoms with Gasteiger partial charge in [-0.1, -0.05) is 6.92 Å². The fourth-order valence-electron chi connectivity index (χ4n) is 1.13. The summed E-state index contributed by atoms with van der Waals surface area (Å²) in [6, 6.07) is -0.181. The largest absolute Gasteiger partial charge is 0.323 e. The molecule has 1 aliphatic heterocycles. The fourth-order valence-corrected chi connectivity index (χ4v) is 1.13. The van der Waals surface area contributed by atoms with E-state index in [2.05, 4.69) is 5.32 Å². The number of hydrogen-bond donors (Lipinski definition) is 2. The first kappa shape index (κ1) is 8.04. The van der Waals surface area contributed by atoms with Crippen LogP contribution in [0.4, 0.5) is 4.79 Å². The zero-order valence-corrected chi connectivity index (χ0v) is 7.06. The average molecular weight is 155 g/mol. The molecule has 0 aromatic carbocycles. The molecule has 0 aromatic heterocycles. The van der Waals surface area contributed by atoms with Crippen LogP contribution in [0.1, 0.15) is 20.3 Å². The molecule has 1 unspecified atom stereocenters. The number of hydrogen-bond acceptors (Lipinski definition) is 2. The molecule has 1 heterocycles. The van der Waals surface area contributed by atoms with Gasteiger partial charge in [0.15, 0.2) is 0 Å². The van der Waals surface area contributed by atoms with Gasteiger partial charge in [-0.3, -0.25) is 10.7 Å².